The average Bonchev–Trinajstić information content (AvgIpc) is 2.38. The van der Waals surface area contributed by atoms with Crippen LogP contribution in [-0.4, -0.2) is 14.7 Å². The summed E-state index contributed by atoms with van der Waals surface area (Å²) in [5.41, 5.74) is 6.21. The molecule has 1 aromatic rings. The van der Waals surface area contributed by atoms with Gasteiger partial charge in [-0.15, -0.1) is 0 Å². The maximum Gasteiger partial charge on any atom is 0.333 e. The first kappa shape index (κ1) is 14.5. The predicted molar refractivity (Wildman–Crippen MR) is 71.3 cm³/mol. The Balaban J connectivity index is 3.20. The van der Waals surface area contributed by atoms with E-state index in [-0.39, 0.29) is 16.9 Å². The molecule has 1 heterocycles. The Bertz CT molecular complexity index is 444. The molecule has 6 nitrogen and oxygen atoms in total. The largest absolute Gasteiger partial charge is 0.378 e. The average molecular weight is 254 g/mol. The number of nitro groups is 1. The second kappa shape index (κ2) is 4.96. The van der Waals surface area contributed by atoms with Crippen LogP contribution in [0.1, 0.15) is 40.3 Å². The highest BCUT2D eigenvalue weighted by molar-refractivity contribution is 5.56. The van der Waals surface area contributed by atoms with Crippen LogP contribution in [0.25, 0.3) is 0 Å². The van der Waals surface area contributed by atoms with Crippen LogP contribution in [0.2, 0.25) is 0 Å². The Morgan fingerprint density at radius 1 is 1.44 bits per heavy atom. The molecule has 0 aromatic carbocycles. The monoisotopic (exact) mass is 254 g/mol. The third-order valence-electron chi connectivity index (χ3n) is 2.45. The summed E-state index contributed by atoms with van der Waals surface area (Å²) in [6.45, 7) is 10.7. The van der Waals surface area contributed by atoms with Gasteiger partial charge < -0.3 is 5.73 Å². The van der Waals surface area contributed by atoms with Gasteiger partial charge in [0.1, 0.15) is 5.69 Å². The van der Waals surface area contributed by atoms with E-state index in [9.17, 15) is 10.1 Å². The van der Waals surface area contributed by atoms with Crippen LogP contribution >= 0.6 is 0 Å². The van der Waals surface area contributed by atoms with Gasteiger partial charge in [-0.3, -0.25) is 10.1 Å². The molecule has 0 aliphatic rings. The zero-order valence-electron chi connectivity index (χ0n) is 11.7. The van der Waals surface area contributed by atoms with E-state index in [0.29, 0.717) is 24.6 Å². The first-order chi connectivity index (χ1) is 8.11. The van der Waals surface area contributed by atoms with Crippen molar-refractivity contribution in [3.05, 3.63) is 15.8 Å². The lowest BCUT2D eigenvalue weighted by Crippen LogP contribution is -2.12. The number of nitrogens with two attached hydrogens (primary N) is 1. The molecule has 0 fully saturated rings. The van der Waals surface area contributed by atoms with E-state index in [0.717, 1.165) is 0 Å². The fourth-order valence-corrected chi connectivity index (χ4v) is 1.82. The molecule has 0 aliphatic carbocycles. The molecule has 0 amide bonds. The van der Waals surface area contributed by atoms with E-state index < -0.39 is 4.92 Å². The Morgan fingerprint density at radius 2 is 2.00 bits per heavy atom. The number of anilines is 1. The Kier molecular flexibility index (Phi) is 3.98. The van der Waals surface area contributed by atoms with Crippen molar-refractivity contribution in [3.63, 3.8) is 0 Å². The van der Waals surface area contributed by atoms with Crippen molar-refractivity contribution in [2.75, 3.05) is 5.73 Å². The van der Waals surface area contributed by atoms with E-state index in [1.807, 2.05) is 34.6 Å². The van der Waals surface area contributed by atoms with Gasteiger partial charge in [0.05, 0.1) is 4.92 Å². The topological polar surface area (TPSA) is 87.0 Å². The lowest BCUT2D eigenvalue weighted by Gasteiger charge is -2.15. The van der Waals surface area contributed by atoms with Crippen LogP contribution in [0.5, 0.6) is 0 Å². The first-order valence-corrected chi connectivity index (χ1v) is 6.11. The Labute approximate surface area is 107 Å². The summed E-state index contributed by atoms with van der Waals surface area (Å²) in [5, 5.41) is 15.4. The quantitative estimate of drug-likeness (QED) is 0.661. The molecule has 102 valence electrons. The van der Waals surface area contributed by atoms with Gasteiger partial charge in [0.25, 0.3) is 0 Å². The molecule has 0 bridgehead atoms. The van der Waals surface area contributed by atoms with Gasteiger partial charge >= 0.3 is 5.69 Å². The fraction of sp³-hybridized carbons (Fsp3) is 0.750. The number of nitrogen functional groups attached to an aromatic ring is 1. The molecule has 0 atom stereocenters. The predicted octanol–water partition coefficient (Wildman–Crippen LogP) is 2.62. The summed E-state index contributed by atoms with van der Waals surface area (Å²) >= 11 is 0. The van der Waals surface area contributed by atoms with Crippen LogP contribution < -0.4 is 5.73 Å². The van der Waals surface area contributed by atoms with E-state index in [1.165, 1.54) is 0 Å². The van der Waals surface area contributed by atoms with E-state index >= 15 is 0 Å². The van der Waals surface area contributed by atoms with Crippen LogP contribution in [-0.2, 0) is 13.0 Å². The maximum absolute atomic E-state index is 11.1. The van der Waals surface area contributed by atoms with Gasteiger partial charge in [0.2, 0.25) is 5.82 Å². The normalized spacial score (nSPS) is 12.1. The van der Waals surface area contributed by atoms with E-state index in [1.54, 1.807) is 4.68 Å². The number of hydrogen-bond acceptors (Lipinski definition) is 4. The Morgan fingerprint density at radius 3 is 2.39 bits per heavy atom. The standard InChI is InChI=1S/C12H22N4O2/c1-8(2)7-15-11(13)10(16(17)18)9(14-15)6-12(3,4)5/h8H,6-7,13H2,1-5H3. The minimum atomic E-state index is -0.430. The van der Waals surface area contributed by atoms with Gasteiger partial charge in [-0.2, -0.15) is 5.10 Å². The molecule has 0 aliphatic heterocycles. The van der Waals surface area contributed by atoms with Crippen LogP contribution in [0, 0.1) is 21.4 Å². The Hall–Kier alpha value is -1.59. The molecule has 1 rings (SSSR count). The van der Waals surface area contributed by atoms with Gasteiger partial charge in [-0.1, -0.05) is 34.6 Å². The van der Waals surface area contributed by atoms with Crippen LogP contribution in [0.4, 0.5) is 11.5 Å². The number of hydrogen-bond donors (Lipinski definition) is 1. The molecule has 2 N–H and O–H groups in total. The van der Waals surface area contributed by atoms with E-state index in [2.05, 4.69) is 5.10 Å². The van der Waals surface area contributed by atoms with Crippen molar-refractivity contribution >= 4 is 11.5 Å². The molecular weight excluding hydrogens is 232 g/mol. The second-order valence-electron chi connectivity index (χ2n) is 6.25. The summed E-state index contributed by atoms with van der Waals surface area (Å²) in [4.78, 5) is 10.7. The van der Waals surface area contributed by atoms with Crippen molar-refractivity contribution in [1.29, 1.82) is 0 Å². The highest BCUT2D eigenvalue weighted by Crippen LogP contribution is 2.31. The molecular formula is C12H22N4O2. The second-order valence-corrected chi connectivity index (χ2v) is 6.25. The van der Waals surface area contributed by atoms with Gasteiger partial charge in [-0.25, -0.2) is 4.68 Å². The van der Waals surface area contributed by atoms with Gasteiger partial charge in [0, 0.05) is 13.0 Å². The summed E-state index contributed by atoms with van der Waals surface area (Å²) in [5.74, 6) is 0.502. The third-order valence-corrected chi connectivity index (χ3v) is 2.45. The molecule has 0 radical (unpaired) electrons. The van der Waals surface area contributed by atoms with Crippen molar-refractivity contribution in [1.82, 2.24) is 9.78 Å². The third kappa shape index (κ3) is 3.45. The van der Waals surface area contributed by atoms with Crippen molar-refractivity contribution in [3.8, 4) is 0 Å². The number of rotatable bonds is 4. The molecule has 18 heavy (non-hydrogen) atoms. The molecule has 0 saturated heterocycles. The first-order valence-electron chi connectivity index (χ1n) is 6.11. The van der Waals surface area contributed by atoms with E-state index in [4.69, 9.17) is 5.73 Å². The maximum atomic E-state index is 11.1. The van der Waals surface area contributed by atoms with Crippen LogP contribution in [0.15, 0.2) is 0 Å². The molecule has 0 unspecified atom stereocenters. The lowest BCUT2D eigenvalue weighted by atomic mass is 9.90. The van der Waals surface area contributed by atoms with Gasteiger partial charge in [-0.05, 0) is 11.3 Å². The molecule has 6 heteroatoms. The van der Waals surface area contributed by atoms with Crippen molar-refractivity contribution in [2.24, 2.45) is 11.3 Å². The smallest absolute Gasteiger partial charge is 0.333 e. The zero-order valence-corrected chi connectivity index (χ0v) is 11.7. The van der Waals surface area contributed by atoms with Crippen molar-refractivity contribution in [2.45, 2.75) is 47.6 Å². The zero-order chi connectivity index (χ0) is 14.1. The summed E-state index contributed by atoms with van der Waals surface area (Å²) < 4.78 is 1.55. The summed E-state index contributed by atoms with van der Waals surface area (Å²) in [6.07, 6.45) is 0.540. The fourth-order valence-electron chi connectivity index (χ4n) is 1.82. The molecule has 0 spiro atoms. The SMILES string of the molecule is CC(C)Cn1nc(CC(C)(C)C)c([N+](=O)[O-])c1N. The lowest BCUT2D eigenvalue weighted by molar-refractivity contribution is -0.384. The molecule has 1 aromatic heterocycles. The highest BCUT2D eigenvalue weighted by Gasteiger charge is 2.28. The minimum absolute atomic E-state index is 0.0365. The number of nitrogens with zero attached hydrogens (tertiary/aromatic N) is 3. The minimum Gasteiger partial charge on any atom is -0.378 e. The number of aromatic nitrogens is 2. The van der Waals surface area contributed by atoms with Crippen LogP contribution in [0.3, 0.4) is 0 Å². The van der Waals surface area contributed by atoms with Gasteiger partial charge in [0.15, 0.2) is 0 Å². The van der Waals surface area contributed by atoms with Crippen molar-refractivity contribution < 1.29 is 4.92 Å². The summed E-state index contributed by atoms with van der Waals surface area (Å²) in [6, 6.07) is 0. The summed E-state index contributed by atoms with van der Waals surface area (Å²) in [7, 11) is 0. The highest BCUT2D eigenvalue weighted by atomic mass is 16.6. The molecule has 0 saturated carbocycles.